The zero-order valence-corrected chi connectivity index (χ0v) is 17.6. The van der Waals surface area contributed by atoms with Crippen LogP contribution in [0.1, 0.15) is 21.5 Å². The summed E-state index contributed by atoms with van der Waals surface area (Å²) in [5, 5.41) is 3.95. The van der Waals surface area contributed by atoms with Crippen molar-refractivity contribution in [2.45, 2.75) is 0 Å². The van der Waals surface area contributed by atoms with Crippen LogP contribution in [0.2, 0.25) is 0 Å². The number of carbonyl (C=O) groups is 2. The molecule has 0 unspecified atom stereocenters. The van der Waals surface area contributed by atoms with E-state index in [0.717, 1.165) is 11.1 Å². The third-order valence-corrected chi connectivity index (χ3v) is 4.34. The van der Waals surface area contributed by atoms with Gasteiger partial charge in [0.15, 0.2) is 11.5 Å². The molecule has 0 saturated carbocycles. The number of hydrogen-bond acceptors (Lipinski definition) is 6. The van der Waals surface area contributed by atoms with Crippen LogP contribution in [0.4, 0.5) is 0 Å². The standard InChI is InChI=1S/C25H22N2O5/c1-30-22-14-11-20(16-23(22)31-2)25(29)27-26-17-19-8-12-21(13-9-19)32-24(28)15-10-18-6-4-3-5-7-18/h3-17H,1-2H3,(H,27,29)/b15-10+,26-17-. The summed E-state index contributed by atoms with van der Waals surface area (Å²) < 4.78 is 15.6. The van der Waals surface area contributed by atoms with Crippen LogP contribution >= 0.6 is 0 Å². The van der Waals surface area contributed by atoms with Crippen LogP contribution < -0.4 is 19.6 Å². The Kier molecular flexibility index (Phi) is 7.75. The molecule has 0 aliphatic carbocycles. The summed E-state index contributed by atoms with van der Waals surface area (Å²) in [5.41, 5.74) is 4.46. The fourth-order valence-corrected chi connectivity index (χ4v) is 2.71. The number of carbonyl (C=O) groups excluding carboxylic acids is 2. The van der Waals surface area contributed by atoms with Gasteiger partial charge >= 0.3 is 5.97 Å². The number of methoxy groups -OCH3 is 2. The Labute approximate surface area is 185 Å². The van der Waals surface area contributed by atoms with Crippen molar-refractivity contribution in [2.75, 3.05) is 14.2 Å². The number of rotatable bonds is 8. The van der Waals surface area contributed by atoms with E-state index in [2.05, 4.69) is 10.5 Å². The fraction of sp³-hybridized carbons (Fsp3) is 0.0800. The summed E-state index contributed by atoms with van der Waals surface area (Å²) in [6.07, 6.45) is 4.54. The molecule has 0 aromatic heterocycles. The maximum Gasteiger partial charge on any atom is 0.336 e. The van der Waals surface area contributed by atoms with Crippen molar-refractivity contribution in [3.05, 3.63) is 95.6 Å². The van der Waals surface area contributed by atoms with Gasteiger partial charge in [0.1, 0.15) is 5.75 Å². The third-order valence-electron chi connectivity index (χ3n) is 4.34. The average Bonchev–Trinajstić information content (AvgIpc) is 2.84. The lowest BCUT2D eigenvalue weighted by molar-refractivity contribution is -0.128. The van der Waals surface area contributed by atoms with Gasteiger partial charge in [0.2, 0.25) is 0 Å². The topological polar surface area (TPSA) is 86.2 Å². The van der Waals surface area contributed by atoms with Crippen molar-refractivity contribution >= 4 is 24.2 Å². The maximum absolute atomic E-state index is 12.3. The largest absolute Gasteiger partial charge is 0.493 e. The van der Waals surface area contributed by atoms with Gasteiger partial charge < -0.3 is 14.2 Å². The Morgan fingerprint density at radius 2 is 1.56 bits per heavy atom. The summed E-state index contributed by atoms with van der Waals surface area (Å²) in [6, 6.07) is 21.0. The van der Waals surface area contributed by atoms with Gasteiger partial charge in [0, 0.05) is 11.6 Å². The smallest absolute Gasteiger partial charge is 0.336 e. The second-order valence-corrected chi connectivity index (χ2v) is 6.50. The molecule has 0 bridgehead atoms. The first-order chi connectivity index (χ1) is 15.6. The average molecular weight is 430 g/mol. The Balaban J connectivity index is 1.53. The number of hydrazone groups is 1. The second-order valence-electron chi connectivity index (χ2n) is 6.50. The van der Waals surface area contributed by atoms with Gasteiger partial charge in [-0.25, -0.2) is 10.2 Å². The van der Waals surface area contributed by atoms with Crippen LogP contribution in [0.25, 0.3) is 6.08 Å². The van der Waals surface area contributed by atoms with E-state index in [1.807, 2.05) is 30.3 Å². The quantitative estimate of drug-likeness (QED) is 0.191. The molecule has 162 valence electrons. The molecule has 0 radical (unpaired) electrons. The van der Waals surface area contributed by atoms with Crippen LogP contribution in [0.5, 0.6) is 17.2 Å². The monoisotopic (exact) mass is 430 g/mol. The SMILES string of the molecule is COc1ccc(C(=O)N/N=C\c2ccc(OC(=O)/C=C/c3ccccc3)cc2)cc1OC. The number of amides is 1. The van der Waals surface area contributed by atoms with E-state index < -0.39 is 11.9 Å². The molecule has 3 rings (SSSR count). The Morgan fingerprint density at radius 3 is 2.25 bits per heavy atom. The zero-order valence-electron chi connectivity index (χ0n) is 17.6. The molecule has 0 aliphatic rings. The molecule has 0 atom stereocenters. The third kappa shape index (κ3) is 6.30. The van der Waals surface area contributed by atoms with Crippen LogP contribution in [0.15, 0.2) is 84.0 Å². The van der Waals surface area contributed by atoms with Crippen LogP contribution in [0, 0.1) is 0 Å². The van der Waals surface area contributed by atoms with Crippen molar-refractivity contribution in [1.82, 2.24) is 5.43 Å². The van der Waals surface area contributed by atoms with Crippen molar-refractivity contribution in [3.8, 4) is 17.2 Å². The molecule has 7 nitrogen and oxygen atoms in total. The summed E-state index contributed by atoms with van der Waals surface area (Å²) in [4.78, 5) is 24.2. The first-order valence-electron chi connectivity index (χ1n) is 9.69. The van der Waals surface area contributed by atoms with Crippen molar-refractivity contribution in [1.29, 1.82) is 0 Å². The number of ether oxygens (including phenoxy) is 3. The molecule has 7 heteroatoms. The Bertz CT molecular complexity index is 1120. The Morgan fingerprint density at radius 1 is 0.844 bits per heavy atom. The van der Waals surface area contributed by atoms with Crippen LogP contribution in [-0.4, -0.2) is 32.3 Å². The van der Waals surface area contributed by atoms with Crippen molar-refractivity contribution < 1.29 is 23.8 Å². The molecular formula is C25H22N2O5. The first-order valence-corrected chi connectivity index (χ1v) is 9.69. The predicted octanol–water partition coefficient (Wildman–Crippen LogP) is 4.09. The van der Waals surface area contributed by atoms with Crippen LogP contribution in [-0.2, 0) is 4.79 Å². The lowest BCUT2D eigenvalue weighted by Gasteiger charge is -2.08. The predicted molar refractivity (Wildman–Crippen MR) is 122 cm³/mol. The molecule has 0 saturated heterocycles. The molecule has 3 aromatic carbocycles. The molecule has 1 amide bonds. The highest BCUT2D eigenvalue weighted by atomic mass is 16.5. The van der Waals surface area contributed by atoms with E-state index in [4.69, 9.17) is 14.2 Å². The lowest BCUT2D eigenvalue weighted by atomic mass is 10.2. The van der Waals surface area contributed by atoms with Gasteiger partial charge in [-0.3, -0.25) is 4.79 Å². The van der Waals surface area contributed by atoms with E-state index in [1.165, 1.54) is 26.5 Å². The summed E-state index contributed by atoms with van der Waals surface area (Å²) in [7, 11) is 3.02. The lowest BCUT2D eigenvalue weighted by Crippen LogP contribution is -2.17. The maximum atomic E-state index is 12.3. The van der Waals surface area contributed by atoms with Crippen LogP contribution in [0.3, 0.4) is 0 Å². The van der Waals surface area contributed by atoms with Gasteiger partial charge in [-0.2, -0.15) is 5.10 Å². The van der Waals surface area contributed by atoms with Gasteiger partial charge in [-0.05, 0) is 59.7 Å². The van der Waals surface area contributed by atoms with Gasteiger partial charge in [-0.15, -0.1) is 0 Å². The normalized spacial score (nSPS) is 10.8. The van der Waals surface area contributed by atoms with E-state index >= 15 is 0 Å². The molecule has 0 heterocycles. The summed E-state index contributed by atoms with van der Waals surface area (Å²) >= 11 is 0. The second kappa shape index (κ2) is 11.1. The number of nitrogens with zero attached hydrogens (tertiary/aromatic N) is 1. The minimum Gasteiger partial charge on any atom is -0.493 e. The van der Waals surface area contributed by atoms with E-state index in [9.17, 15) is 9.59 Å². The molecule has 32 heavy (non-hydrogen) atoms. The Hall–Kier alpha value is -4.39. The van der Waals surface area contributed by atoms with Crippen molar-refractivity contribution in [3.63, 3.8) is 0 Å². The zero-order chi connectivity index (χ0) is 22.8. The molecule has 0 fully saturated rings. The molecule has 0 spiro atoms. The number of nitrogens with one attached hydrogen (secondary N) is 1. The summed E-state index contributed by atoms with van der Waals surface area (Å²) in [6.45, 7) is 0. The van der Waals surface area contributed by atoms with Gasteiger partial charge in [0.25, 0.3) is 5.91 Å². The van der Waals surface area contributed by atoms with Gasteiger partial charge in [0.05, 0.1) is 20.4 Å². The first kappa shape index (κ1) is 22.3. The highest BCUT2D eigenvalue weighted by Crippen LogP contribution is 2.27. The molecule has 3 aromatic rings. The van der Waals surface area contributed by atoms with Gasteiger partial charge in [-0.1, -0.05) is 30.3 Å². The number of esters is 1. The molecule has 0 aliphatic heterocycles. The fourth-order valence-electron chi connectivity index (χ4n) is 2.71. The van der Waals surface area contributed by atoms with Crippen molar-refractivity contribution in [2.24, 2.45) is 5.10 Å². The van der Waals surface area contributed by atoms with E-state index in [-0.39, 0.29) is 0 Å². The minimum absolute atomic E-state index is 0.380. The van der Waals surface area contributed by atoms with E-state index in [0.29, 0.717) is 22.8 Å². The summed E-state index contributed by atoms with van der Waals surface area (Å²) in [5.74, 6) is 0.520. The minimum atomic E-state index is -0.475. The highest BCUT2D eigenvalue weighted by Gasteiger charge is 2.10. The molecule has 1 N–H and O–H groups in total. The number of benzene rings is 3. The van der Waals surface area contributed by atoms with E-state index in [1.54, 1.807) is 48.5 Å². The highest BCUT2D eigenvalue weighted by molar-refractivity contribution is 5.95. The number of hydrogen-bond donors (Lipinski definition) is 1. The molecular weight excluding hydrogens is 408 g/mol.